The molecule has 0 fully saturated rings. The van der Waals surface area contributed by atoms with Crippen molar-refractivity contribution in [2.24, 2.45) is 5.92 Å². The summed E-state index contributed by atoms with van der Waals surface area (Å²) < 4.78 is 10.6. The summed E-state index contributed by atoms with van der Waals surface area (Å²) in [6.45, 7) is 6.15. The Kier molecular flexibility index (Phi) is 6.38. The third-order valence-corrected chi connectivity index (χ3v) is 6.41. The molecule has 1 N–H and O–H groups in total. The molecule has 3 atom stereocenters. The number of rotatable bonds is 5. The predicted molar refractivity (Wildman–Crippen MR) is 124 cm³/mol. The highest BCUT2D eigenvalue weighted by Gasteiger charge is 2.45. The van der Waals surface area contributed by atoms with Crippen molar-refractivity contribution in [1.82, 2.24) is 5.32 Å². The molecule has 1 heterocycles. The molecule has 0 aromatic heterocycles. The van der Waals surface area contributed by atoms with Crippen LogP contribution in [0.1, 0.15) is 42.7 Å². The summed E-state index contributed by atoms with van der Waals surface area (Å²) in [7, 11) is 1.63. The van der Waals surface area contributed by atoms with Gasteiger partial charge in [-0.15, -0.1) is 0 Å². The lowest BCUT2D eigenvalue weighted by molar-refractivity contribution is -0.147. The first kappa shape index (κ1) is 22.2. The average molecular weight is 452 g/mol. The van der Waals surface area contributed by atoms with Crippen LogP contribution in [-0.4, -0.2) is 25.5 Å². The smallest absolute Gasteiger partial charge is 0.315 e. The van der Waals surface area contributed by atoms with Gasteiger partial charge in [0, 0.05) is 34.3 Å². The summed E-state index contributed by atoms with van der Waals surface area (Å²) in [6.07, 6.45) is 1.02. The fourth-order valence-electron chi connectivity index (χ4n) is 4.73. The molecule has 0 bridgehead atoms. The zero-order chi connectivity index (χ0) is 22.8. The molecule has 6 heteroatoms. The van der Waals surface area contributed by atoms with Crippen molar-refractivity contribution in [3.05, 3.63) is 88.2 Å². The number of methoxy groups -OCH3 is 1. The van der Waals surface area contributed by atoms with Gasteiger partial charge >= 0.3 is 5.97 Å². The SMILES string of the molecule is C=C1NC2=C(C(=O)CC(c3ccc(OC)cc3)C2)C(c2cccc(Cl)c2)C1C(=O)OCC. The fraction of sp³-hybridized carbons (Fsp3) is 0.308. The first-order valence-electron chi connectivity index (χ1n) is 10.7. The van der Waals surface area contributed by atoms with E-state index in [9.17, 15) is 9.59 Å². The molecule has 166 valence electrons. The topological polar surface area (TPSA) is 64.6 Å². The Morgan fingerprint density at radius 1 is 1.16 bits per heavy atom. The van der Waals surface area contributed by atoms with Crippen molar-refractivity contribution in [2.75, 3.05) is 13.7 Å². The minimum absolute atomic E-state index is 0.0198. The van der Waals surface area contributed by atoms with Crippen LogP contribution in [0.3, 0.4) is 0 Å². The lowest BCUT2D eigenvalue weighted by Gasteiger charge is -2.40. The van der Waals surface area contributed by atoms with Crippen LogP contribution in [0.4, 0.5) is 0 Å². The van der Waals surface area contributed by atoms with E-state index in [-0.39, 0.29) is 18.3 Å². The third kappa shape index (κ3) is 4.17. The van der Waals surface area contributed by atoms with Crippen LogP contribution >= 0.6 is 11.6 Å². The van der Waals surface area contributed by atoms with E-state index in [0.717, 1.165) is 22.6 Å². The standard InChI is InChI=1S/C26H26ClNO4/c1-4-32-26(30)23-15(2)28-21-13-18(16-8-10-20(31-3)11-9-16)14-22(29)25(21)24(23)17-6-5-7-19(27)12-17/h5-12,18,23-24,28H,2,4,13-14H2,1,3H3. The Hall–Kier alpha value is -3.05. The third-order valence-electron chi connectivity index (χ3n) is 6.17. The van der Waals surface area contributed by atoms with E-state index in [1.165, 1.54) is 0 Å². The number of halogens is 1. The Balaban J connectivity index is 1.76. The normalized spacial score (nSPS) is 22.8. The van der Waals surface area contributed by atoms with Crippen LogP contribution in [0.5, 0.6) is 5.75 Å². The average Bonchev–Trinajstić information content (AvgIpc) is 2.78. The highest BCUT2D eigenvalue weighted by atomic mass is 35.5. The van der Waals surface area contributed by atoms with Crippen LogP contribution in [-0.2, 0) is 14.3 Å². The molecule has 0 radical (unpaired) electrons. The molecular formula is C26H26ClNO4. The van der Waals surface area contributed by atoms with Gasteiger partial charge in [0.15, 0.2) is 5.78 Å². The minimum atomic E-state index is -0.700. The summed E-state index contributed by atoms with van der Waals surface area (Å²) in [5, 5.41) is 3.83. The Morgan fingerprint density at radius 3 is 2.56 bits per heavy atom. The summed E-state index contributed by atoms with van der Waals surface area (Å²) in [6, 6.07) is 15.1. The molecule has 1 aliphatic carbocycles. The monoisotopic (exact) mass is 451 g/mol. The van der Waals surface area contributed by atoms with Crippen LogP contribution in [0.25, 0.3) is 0 Å². The van der Waals surface area contributed by atoms with Gasteiger partial charge in [-0.1, -0.05) is 42.4 Å². The lowest BCUT2D eigenvalue weighted by atomic mass is 9.69. The van der Waals surface area contributed by atoms with E-state index in [1.54, 1.807) is 20.1 Å². The summed E-state index contributed by atoms with van der Waals surface area (Å²) in [5.74, 6) is -0.753. The second-order valence-electron chi connectivity index (χ2n) is 8.11. The molecule has 32 heavy (non-hydrogen) atoms. The van der Waals surface area contributed by atoms with Crippen molar-refractivity contribution < 1.29 is 19.1 Å². The van der Waals surface area contributed by atoms with Crippen molar-refractivity contribution in [2.45, 2.75) is 31.6 Å². The van der Waals surface area contributed by atoms with E-state index in [0.29, 0.717) is 29.1 Å². The largest absolute Gasteiger partial charge is 0.497 e. The van der Waals surface area contributed by atoms with Crippen molar-refractivity contribution in [3.8, 4) is 5.75 Å². The second kappa shape index (κ2) is 9.21. The molecule has 1 aliphatic heterocycles. The molecule has 0 amide bonds. The molecule has 4 rings (SSSR count). The van der Waals surface area contributed by atoms with Crippen LogP contribution in [0.15, 0.2) is 72.1 Å². The molecule has 2 aromatic carbocycles. The van der Waals surface area contributed by atoms with E-state index in [1.807, 2.05) is 42.5 Å². The van der Waals surface area contributed by atoms with Gasteiger partial charge in [-0.25, -0.2) is 0 Å². The highest BCUT2D eigenvalue weighted by molar-refractivity contribution is 6.30. The number of Topliss-reactive ketones (excluding diaryl/α,β-unsaturated/α-hetero) is 1. The number of benzene rings is 2. The maximum absolute atomic E-state index is 13.5. The van der Waals surface area contributed by atoms with Crippen LogP contribution in [0, 0.1) is 5.92 Å². The fourth-order valence-corrected chi connectivity index (χ4v) is 4.93. The molecule has 0 saturated heterocycles. The number of ether oxygens (including phenoxy) is 2. The van der Waals surface area contributed by atoms with Gasteiger partial charge < -0.3 is 14.8 Å². The number of esters is 1. The van der Waals surface area contributed by atoms with E-state index in [2.05, 4.69) is 11.9 Å². The highest BCUT2D eigenvalue weighted by Crippen LogP contribution is 2.47. The number of hydrogen-bond donors (Lipinski definition) is 1. The molecule has 0 spiro atoms. The number of nitrogens with one attached hydrogen (secondary N) is 1. The first-order chi connectivity index (χ1) is 15.4. The Morgan fingerprint density at radius 2 is 1.91 bits per heavy atom. The molecule has 3 unspecified atom stereocenters. The van der Waals surface area contributed by atoms with Crippen molar-refractivity contribution >= 4 is 23.4 Å². The van der Waals surface area contributed by atoms with Gasteiger partial charge in [0.1, 0.15) is 11.7 Å². The van der Waals surface area contributed by atoms with Gasteiger partial charge in [-0.05, 0) is 54.7 Å². The summed E-state index contributed by atoms with van der Waals surface area (Å²) >= 11 is 6.26. The van der Waals surface area contributed by atoms with E-state index >= 15 is 0 Å². The predicted octanol–water partition coefficient (Wildman–Crippen LogP) is 5.13. The van der Waals surface area contributed by atoms with E-state index in [4.69, 9.17) is 21.1 Å². The Bertz CT molecular complexity index is 1090. The number of carbonyl (C=O) groups excluding carboxylic acids is 2. The summed E-state index contributed by atoms with van der Waals surface area (Å²) in [5.41, 5.74) is 3.86. The molecule has 2 aliphatic rings. The number of carbonyl (C=O) groups is 2. The second-order valence-corrected chi connectivity index (χ2v) is 8.54. The molecular weight excluding hydrogens is 426 g/mol. The molecule has 0 saturated carbocycles. The van der Waals surface area contributed by atoms with Crippen molar-refractivity contribution in [1.29, 1.82) is 0 Å². The van der Waals surface area contributed by atoms with Crippen molar-refractivity contribution in [3.63, 3.8) is 0 Å². The van der Waals surface area contributed by atoms with Gasteiger partial charge in [0.05, 0.1) is 13.7 Å². The number of hydrogen-bond acceptors (Lipinski definition) is 5. The van der Waals surface area contributed by atoms with Gasteiger partial charge in [0.2, 0.25) is 0 Å². The van der Waals surface area contributed by atoms with Crippen LogP contribution < -0.4 is 10.1 Å². The van der Waals surface area contributed by atoms with Gasteiger partial charge in [0.25, 0.3) is 0 Å². The number of allylic oxidation sites excluding steroid dienone is 2. The Labute approximate surface area is 193 Å². The quantitative estimate of drug-likeness (QED) is 0.638. The lowest BCUT2D eigenvalue weighted by Crippen LogP contribution is -2.42. The van der Waals surface area contributed by atoms with Crippen LogP contribution in [0.2, 0.25) is 5.02 Å². The first-order valence-corrected chi connectivity index (χ1v) is 11.1. The summed E-state index contributed by atoms with van der Waals surface area (Å²) in [4.78, 5) is 26.4. The molecule has 5 nitrogen and oxygen atoms in total. The maximum atomic E-state index is 13.5. The van der Waals surface area contributed by atoms with Gasteiger partial charge in [-0.2, -0.15) is 0 Å². The zero-order valence-corrected chi connectivity index (χ0v) is 18.9. The van der Waals surface area contributed by atoms with E-state index < -0.39 is 17.8 Å². The molecule has 2 aromatic rings. The minimum Gasteiger partial charge on any atom is -0.497 e. The van der Waals surface area contributed by atoms with Gasteiger partial charge in [-0.3, -0.25) is 9.59 Å². The number of ketones is 1. The maximum Gasteiger partial charge on any atom is 0.315 e. The zero-order valence-electron chi connectivity index (χ0n) is 18.2.